The van der Waals surface area contributed by atoms with Gasteiger partial charge in [0.25, 0.3) is 5.91 Å². The molecule has 1 fully saturated rings. The average Bonchev–Trinajstić information content (AvgIpc) is 3.09. The summed E-state index contributed by atoms with van der Waals surface area (Å²) in [6, 6.07) is 13.3. The van der Waals surface area contributed by atoms with Gasteiger partial charge in [0.15, 0.2) is 0 Å². The number of likely N-dealkylation sites (N-methyl/N-ethyl adjacent to an activating group) is 1. The van der Waals surface area contributed by atoms with E-state index in [1.165, 1.54) is 19.1 Å². The number of carbonyl (C=O) groups is 2. The Balaban J connectivity index is 1.67. The molecule has 2 aromatic carbocycles. The summed E-state index contributed by atoms with van der Waals surface area (Å²) in [6.45, 7) is 6.42. The van der Waals surface area contributed by atoms with E-state index in [9.17, 15) is 14.0 Å². The van der Waals surface area contributed by atoms with Crippen LogP contribution in [0, 0.1) is 12.7 Å². The summed E-state index contributed by atoms with van der Waals surface area (Å²) < 4.78 is 15.1. The van der Waals surface area contributed by atoms with Gasteiger partial charge in [-0.2, -0.15) is 5.10 Å². The molecular formula is C24H26FN5O2. The molecule has 0 spiro atoms. The van der Waals surface area contributed by atoms with Gasteiger partial charge in [-0.3, -0.25) is 9.59 Å². The van der Waals surface area contributed by atoms with Gasteiger partial charge in [-0.1, -0.05) is 12.1 Å². The van der Waals surface area contributed by atoms with Crippen LogP contribution in [0.5, 0.6) is 0 Å². The van der Waals surface area contributed by atoms with Crippen molar-refractivity contribution in [1.29, 1.82) is 0 Å². The third kappa shape index (κ3) is 4.40. The Morgan fingerprint density at radius 2 is 1.59 bits per heavy atom. The summed E-state index contributed by atoms with van der Waals surface area (Å²) in [4.78, 5) is 28.8. The van der Waals surface area contributed by atoms with Crippen molar-refractivity contribution in [1.82, 2.24) is 19.6 Å². The molecule has 1 aliphatic rings. The first-order valence-corrected chi connectivity index (χ1v) is 10.5. The zero-order chi connectivity index (χ0) is 22.8. The van der Waals surface area contributed by atoms with Crippen LogP contribution in [0.3, 0.4) is 0 Å². The summed E-state index contributed by atoms with van der Waals surface area (Å²) in [7, 11) is 2.05. The molecule has 0 aliphatic carbocycles. The second-order valence-corrected chi connectivity index (χ2v) is 8.05. The number of carbonyl (C=O) groups excluding carboxylic acids is 2. The van der Waals surface area contributed by atoms with Crippen LogP contribution in [0.25, 0.3) is 16.8 Å². The Morgan fingerprint density at radius 1 is 0.969 bits per heavy atom. The van der Waals surface area contributed by atoms with E-state index in [0.717, 1.165) is 24.2 Å². The highest BCUT2D eigenvalue weighted by Crippen LogP contribution is 2.33. The standard InChI is InChI=1S/C24H26FN5O2/c1-16-22(18-4-8-20(25)9-5-18)23(26-17(2)31)30(27-16)21-10-6-19(7-11-21)24(32)29-14-12-28(3)13-15-29/h4-11H,12-15H2,1-3H3,(H,26,31). The molecule has 0 atom stereocenters. The van der Waals surface area contributed by atoms with Crippen molar-refractivity contribution < 1.29 is 14.0 Å². The van der Waals surface area contributed by atoms with Crippen molar-refractivity contribution in [3.63, 3.8) is 0 Å². The number of aromatic nitrogens is 2. The largest absolute Gasteiger partial charge is 0.336 e. The van der Waals surface area contributed by atoms with Crippen molar-refractivity contribution in [3.05, 3.63) is 65.6 Å². The first kappa shape index (κ1) is 21.7. The summed E-state index contributed by atoms with van der Waals surface area (Å²) in [6.07, 6.45) is 0. The van der Waals surface area contributed by atoms with Crippen LogP contribution in [0.4, 0.5) is 10.2 Å². The van der Waals surface area contributed by atoms with Gasteiger partial charge in [0.05, 0.1) is 11.4 Å². The van der Waals surface area contributed by atoms with Crippen molar-refractivity contribution >= 4 is 17.6 Å². The van der Waals surface area contributed by atoms with Crippen LogP contribution in [0.15, 0.2) is 48.5 Å². The van der Waals surface area contributed by atoms with Crippen LogP contribution in [-0.2, 0) is 4.79 Å². The Bertz CT molecular complexity index is 1130. The number of hydrogen-bond acceptors (Lipinski definition) is 4. The number of piperazine rings is 1. The molecule has 7 nitrogen and oxygen atoms in total. The van der Waals surface area contributed by atoms with Gasteiger partial charge < -0.3 is 15.1 Å². The maximum absolute atomic E-state index is 13.4. The van der Waals surface area contributed by atoms with E-state index in [4.69, 9.17) is 0 Å². The van der Waals surface area contributed by atoms with E-state index in [2.05, 4.69) is 22.4 Å². The van der Waals surface area contributed by atoms with E-state index in [1.54, 1.807) is 28.9 Å². The molecule has 1 aliphatic heterocycles. The normalized spacial score (nSPS) is 14.4. The fraction of sp³-hybridized carbons (Fsp3) is 0.292. The number of amides is 2. The molecule has 0 radical (unpaired) electrons. The third-order valence-corrected chi connectivity index (χ3v) is 5.64. The Labute approximate surface area is 186 Å². The van der Waals surface area contributed by atoms with Gasteiger partial charge >= 0.3 is 0 Å². The Hall–Kier alpha value is -3.52. The predicted octanol–water partition coefficient (Wildman–Crippen LogP) is 3.33. The van der Waals surface area contributed by atoms with E-state index < -0.39 is 0 Å². The lowest BCUT2D eigenvalue weighted by Crippen LogP contribution is -2.47. The fourth-order valence-corrected chi connectivity index (χ4v) is 3.90. The number of aryl methyl sites for hydroxylation is 1. The number of anilines is 1. The van der Waals surface area contributed by atoms with Gasteiger partial charge in [0.2, 0.25) is 5.91 Å². The maximum Gasteiger partial charge on any atom is 0.253 e. The van der Waals surface area contributed by atoms with Crippen molar-refractivity contribution in [2.24, 2.45) is 0 Å². The average molecular weight is 436 g/mol. The SMILES string of the molecule is CC(=O)Nc1c(-c2ccc(F)cc2)c(C)nn1-c1ccc(C(=O)N2CCN(C)CC2)cc1. The summed E-state index contributed by atoms with van der Waals surface area (Å²) in [5, 5.41) is 7.47. The van der Waals surface area contributed by atoms with E-state index in [-0.39, 0.29) is 17.6 Å². The lowest BCUT2D eigenvalue weighted by atomic mass is 10.1. The van der Waals surface area contributed by atoms with E-state index >= 15 is 0 Å². The van der Waals surface area contributed by atoms with Crippen LogP contribution in [0.1, 0.15) is 23.0 Å². The lowest BCUT2D eigenvalue weighted by Gasteiger charge is -2.32. The highest BCUT2D eigenvalue weighted by atomic mass is 19.1. The van der Waals surface area contributed by atoms with Crippen molar-refractivity contribution in [3.8, 4) is 16.8 Å². The molecule has 0 unspecified atom stereocenters. The monoisotopic (exact) mass is 435 g/mol. The van der Waals surface area contributed by atoms with Crippen LogP contribution >= 0.6 is 0 Å². The Morgan fingerprint density at radius 3 is 2.19 bits per heavy atom. The molecule has 1 saturated heterocycles. The number of benzene rings is 2. The van der Waals surface area contributed by atoms with Crippen molar-refractivity contribution in [2.45, 2.75) is 13.8 Å². The summed E-state index contributed by atoms with van der Waals surface area (Å²) in [5.74, 6) is -0.0630. The molecule has 3 aromatic rings. The molecule has 4 rings (SSSR count). The number of nitrogens with one attached hydrogen (secondary N) is 1. The Kier molecular flexibility index (Phi) is 6.05. The van der Waals surface area contributed by atoms with Crippen LogP contribution in [-0.4, -0.2) is 64.6 Å². The van der Waals surface area contributed by atoms with Gasteiger partial charge in [0, 0.05) is 44.2 Å². The highest BCUT2D eigenvalue weighted by Gasteiger charge is 2.22. The molecule has 0 bridgehead atoms. The zero-order valence-corrected chi connectivity index (χ0v) is 18.4. The molecule has 1 N–H and O–H groups in total. The lowest BCUT2D eigenvalue weighted by molar-refractivity contribution is -0.114. The van der Waals surface area contributed by atoms with Crippen LogP contribution < -0.4 is 5.32 Å². The molecule has 166 valence electrons. The number of rotatable bonds is 4. The third-order valence-electron chi connectivity index (χ3n) is 5.64. The molecule has 0 saturated carbocycles. The predicted molar refractivity (Wildman–Crippen MR) is 121 cm³/mol. The first-order chi connectivity index (χ1) is 15.3. The number of nitrogens with zero attached hydrogens (tertiary/aromatic N) is 4. The van der Waals surface area contributed by atoms with Crippen molar-refractivity contribution in [2.75, 3.05) is 38.5 Å². The van der Waals surface area contributed by atoms with Gasteiger partial charge in [-0.25, -0.2) is 9.07 Å². The number of halogens is 1. The van der Waals surface area contributed by atoms with Gasteiger partial charge in [-0.15, -0.1) is 0 Å². The second-order valence-electron chi connectivity index (χ2n) is 8.05. The van der Waals surface area contributed by atoms with Gasteiger partial charge in [0.1, 0.15) is 11.6 Å². The molecule has 2 amide bonds. The first-order valence-electron chi connectivity index (χ1n) is 10.5. The highest BCUT2D eigenvalue weighted by molar-refractivity contribution is 5.95. The molecule has 2 heterocycles. The molecule has 32 heavy (non-hydrogen) atoms. The topological polar surface area (TPSA) is 70.5 Å². The van der Waals surface area contributed by atoms with E-state index in [1.807, 2.05) is 24.0 Å². The number of hydrogen-bond donors (Lipinski definition) is 1. The molecular weight excluding hydrogens is 409 g/mol. The smallest absolute Gasteiger partial charge is 0.253 e. The quantitative estimate of drug-likeness (QED) is 0.683. The summed E-state index contributed by atoms with van der Waals surface area (Å²) in [5.41, 5.74) is 3.48. The molecule has 1 aromatic heterocycles. The van der Waals surface area contributed by atoms with Crippen LogP contribution in [0.2, 0.25) is 0 Å². The fourth-order valence-electron chi connectivity index (χ4n) is 3.90. The minimum Gasteiger partial charge on any atom is -0.336 e. The maximum atomic E-state index is 13.4. The minimum atomic E-state index is -0.333. The molecule has 8 heteroatoms. The second kappa shape index (κ2) is 8.92. The zero-order valence-electron chi connectivity index (χ0n) is 18.4. The van der Waals surface area contributed by atoms with E-state index in [0.29, 0.717) is 35.9 Å². The summed E-state index contributed by atoms with van der Waals surface area (Å²) >= 11 is 0. The minimum absolute atomic E-state index is 0.00961. The van der Waals surface area contributed by atoms with Gasteiger partial charge in [-0.05, 0) is 55.9 Å².